The first-order chi connectivity index (χ1) is 17.8. The highest BCUT2D eigenvalue weighted by Crippen LogP contribution is 2.68. The first-order valence-corrected chi connectivity index (χ1v) is 13.8. The number of carbonyl (C=O) groups excluding carboxylic acids is 3. The first-order valence-electron chi connectivity index (χ1n) is 12.5. The van der Waals surface area contributed by atoms with E-state index in [1.165, 1.54) is 4.90 Å². The number of likely N-dealkylation sites (tertiary alicyclic amines) is 1. The number of nitrogens with zero attached hydrogens (tertiary/aromatic N) is 1. The fraction of sp³-hybridized carbons (Fsp3) is 0.444. The van der Waals surface area contributed by atoms with Gasteiger partial charge in [-0.1, -0.05) is 30.7 Å². The van der Waals surface area contributed by atoms with Gasteiger partial charge in [0.2, 0.25) is 17.7 Å². The number of nitrogens with one attached hydrogen (secondary N) is 2. The molecule has 0 saturated carbocycles. The van der Waals surface area contributed by atoms with Crippen molar-refractivity contribution < 1.29 is 24.2 Å². The predicted molar refractivity (Wildman–Crippen MR) is 144 cm³/mol. The van der Waals surface area contributed by atoms with Crippen molar-refractivity contribution >= 4 is 52.5 Å². The lowest BCUT2D eigenvalue weighted by Crippen LogP contribution is -2.55. The van der Waals surface area contributed by atoms with Crippen LogP contribution >= 0.6 is 23.4 Å². The molecule has 3 aliphatic heterocycles. The molecule has 3 amide bonds. The van der Waals surface area contributed by atoms with Crippen molar-refractivity contribution in [1.29, 1.82) is 0 Å². The number of thioether (sulfide) groups is 1. The molecule has 2 aromatic rings. The zero-order valence-corrected chi connectivity index (χ0v) is 22.2. The second-order valence-electron chi connectivity index (χ2n) is 9.72. The first kappa shape index (κ1) is 25.9. The zero-order chi connectivity index (χ0) is 26.3. The highest BCUT2D eigenvalue weighted by Gasteiger charge is 2.75. The highest BCUT2D eigenvalue weighted by atomic mass is 35.5. The van der Waals surface area contributed by atoms with Gasteiger partial charge in [-0.15, -0.1) is 11.8 Å². The molecule has 0 aliphatic carbocycles. The Bertz CT molecular complexity index is 1210. The molecular formula is C27H30ClN3O5S. The van der Waals surface area contributed by atoms with E-state index in [0.29, 0.717) is 28.8 Å². The van der Waals surface area contributed by atoms with E-state index in [0.717, 1.165) is 6.42 Å². The number of amides is 3. The number of β-amino-alcohol motifs (C(OH)–C–C–N with tert-alkyl or cyclic N) is 1. The van der Waals surface area contributed by atoms with Crippen molar-refractivity contribution in [2.24, 2.45) is 17.8 Å². The molecule has 2 aromatic carbocycles. The SMILES string of the molecule is CCOc1ccc(NC(=O)[C@@H]2[C@@H]3CC(C)C4(S3)C(C(=O)Nc3ccccc3Cl)N(CCO)C(=O)[C@H]24)cc1. The Morgan fingerprint density at radius 3 is 2.57 bits per heavy atom. The van der Waals surface area contributed by atoms with Crippen LogP contribution in [0.25, 0.3) is 0 Å². The van der Waals surface area contributed by atoms with Crippen molar-refractivity contribution in [3.63, 3.8) is 0 Å². The van der Waals surface area contributed by atoms with Gasteiger partial charge in [-0.05, 0) is 55.7 Å². The maximum absolute atomic E-state index is 13.8. The van der Waals surface area contributed by atoms with E-state index in [-0.39, 0.29) is 42.0 Å². The smallest absolute Gasteiger partial charge is 0.248 e. The highest BCUT2D eigenvalue weighted by molar-refractivity contribution is 8.02. The average molecular weight is 544 g/mol. The molecule has 6 atom stereocenters. The molecule has 3 heterocycles. The van der Waals surface area contributed by atoms with Gasteiger partial charge in [0, 0.05) is 17.5 Å². The molecule has 2 bridgehead atoms. The van der Waals surface area contributed by atoms with Crippen LogP contribution in [0, 0.1) is 17.8 Å². The van der Waals surface area contributed by atoms with Gasteiger partial charge >= 0.3 is 0 Å². The number of aliphatic hydroxyl groups excluding tert-OH is 1. The third-order valence-corrected chi connectivity index (χ3v) is 10.1. The van der Waals surface area contributed by atoms with E-state index in [9.17, 15) is 19.5 Å². The van der Waals surface area contributed by atoms with Crippen LogP contribution in [0.1, 0.15) is 20.3 Å². The van der Waals surface area contributed by atoms with E-state index in [1.54, 1.807) is 60.3 Å². The monoisotopic (exact) mass is 543 g/mol. The topological polar surface area (TPSA) is 108 Å². The van der Waals surface area contributed by atoms with Crippen LogP contribution in [-0.2, 0) is 14.4 Å². The number of benzene rings is 2. The number of carbonyl (C=O) groups is 3. The van der Waals surface area contributed by atoms with Crippen molar-refractivity contribution in [2.75, 3.05) is 30.4 Å². The number of fused-ring (bicyclic) bond motifs is 1. The lowest BCUT2D eigenvalue weighted by atomic mass is 9.66. The van der Waals surface area contributed by atoms with Crippen LogP contribution in [-0.4, -0.2) is 63.5 Å². The summed E-state index contributed by atoms with van der Waals surface area (Å²) in [6, 6.07) is 13.2. The number of anilines is 2. The molecule has 8 nitrogen and oxygen atoms in total. The number of ether oxygens (including phenoxy) is 1. The van der Waals surface area contributed by atoms with Crippen LogP contribution in [0.15, 0.2) is 48.5 Å². The lowest BCUT2D eigenvalue weighted by molar-refractivity contribution is -0.138. The summed E-state index contributed by atoms with van der Waals surface area (Å²) in [4.78, 5) is 42.6. The predicted octanol–water partition coefficient (Wildman–Crippen LogP) is 3.65. The van der Waals surface area contributed by atoms with E-state index in [4.69, 9.17) is 16.3 Å². The largest absolute Gasteiger partial charge is 0.494 e. The fourth-order valence-electron chi connectivity index (χ4n) is 6.26. The summed E-state index contributed by atoms with van der Waals surface area (Å²) in [5.41, 5.74) is 1.08. The Hall–Kier alpha value is -2.75. The van der Waals surface area contributed by atoms with Crippen LogP contribution < -0.4 is 15.4 Å². The minimum Gasteiger partial charge on any atom is -0.494 e. The number of hydrogen-bond donors (Lipinski definition) is 3. The third kappa shape index (κ3) is 4.27. The minimum absolute atomic E-state index is 0.0167. The Balaban J connectivity index is 1.44. The molecule has 3 unspecified atom stereocenters. The van der Waals surface area contributed by atoms with Crippen molar-refractivity contribution in [1.82, 2.24) is 4.90 Å². The summed E-state index contributed by atoms with van der Waals surface area (Å²) in [5, 5.41) is 15.9. The zero-order valence-electron chi connectivity index (χ0n) is 20.6. The number of para-hydroxylation sites is 1. The van der Waals surface area contributed by atoms with Gasteiger partial charge in [0.1, 0.15) is 11.8 Å². The molecule has 3 aliphatic rings. The molecule has 3 saturated heterocycles. The Labute approximate surface area is 225 Å². The fourth-order valence-corrected chi connectivity index (χ4v) is 8.86. The number of halogens is 1. The van der Waals surface area contributed by atoms with Gasteiger partial charge in [0.15, 0.2) is 0 Å². The second-order valence-corrected chi connectivity index (χ2v) is 11.7. The molecule has 0 aromatic heterocycles. The second kappa shape index (κ2) is 10.2. The number of rotatable bonds is 8. The van der Waals surface area contributed by atoms with Crippen molar-refractivity contribution in [3.05, 3.63) is 53.6 Å². The molecule has 196 valence electrons. The summed E-state index contributed by atoms with van der Waals surface area (Å²) in [6.45, 7) is 4.23. The van der Waals surface area contributed by atoms with E-state index in [1.807, 2.05) is 13.8 Å². The molecule has 3 fully saturated rings. The summed E-state index contributed by atoms with van der Waals surface area (Å²) in [7, 11) is 0. The van der Waals surface area contributed by atoms with Crippen LogP contribution in [0.3, 0.4) is 0 Å². The van der Waals surface area contributed by atoms with E-state index in [2.05, 4.69) is 10.6 Å². The normalized spacial score (nSPS) is 29.8. The molecule has 5 rings (SSSR count). The average Bonchev–Trinajstić information content (AvgIpc) is 3.46. The van der Waals surface area contributed by atoms with E-state index < -0.39 is 22.6 Å². The van der Waals surface area contributed by atoms with Gasteiger partial charge in [-0.3, -0.25) is 14.4 Å². The maximum Gasteiger partial charge on any atom is 0.248 e. The van der Waals surface area contributed by atoms with Crippen molar-refractivity contribution in [2.45, 2.75) is 36.3 Å². The Morgan fingerprint density at radius 1 is 1.16 bits per heavy atom. The molecule has 3 N–H and O–H groups in total. The quantitative estimate of drug-likeness (QED) is 0.469. The van der Waals surface area contributed by atoms with Crippen LogP contribution in [0.2, 0.25) is 5.02 Å². The molecule has 37 heavy (non-hydrogen) atoms. The minimum atomic E-state index is -0.832. The summed E-state index contributed by atoms with van der Waals surface area (Å²) >= 11 is 7.87. The summed E-state index contributed by atoms with van der Waals surface area (Å²) in [5.74, 6) is -1.36. The molecule has 10 heteroatoms. The van der Waals surface area contributed by atoms with Gasteiger partial charge in [0.25, 0.3) is 0 Å². The molecule has 1 spiro atoms. The molecular weight excluding hydrogens is 514 g/mol. The third-order valence-electron chi connectivity index (χ3n) is 7.70. The Kier molecular flexibility index (Phi) is 7.13. The van der Waals surface area contributed by atoms with Gasteiger partial charge in [0.05, 0.1) is 40.5 Å². The number of hydrogen-bond acceptors (Lipinski definition) is 6. The standard InChI is InChI=1S/C27H30ClN3O5S/c1-3-36-17-10-8-16(9-11-17)29-24(33)21-20-14-15(2)27(37-20)22(21)26(35)31(12-13-32)23(27)25(34)30-19-7-5-4-6-18(19)28/h4-11,15,20-23,32H,3,12-14H2,1-2H3,(H,29,33)(H,30,34)/t15?,20-,21+,22-,23?,27?/m0/s1. The lowest BCUT2D eigenvalue weighted by Gasteiger charge is -2.38. The van der Waals surface area contributed by atoms with Gasteiger partial charge in [-0.2, -0.15) is 0 Å². The van der Waals surface area contributed by atoms with Crippen molar-refractivity contribution in [3.8, 4) is 5.75 Å². The van der Waals surface area contributed by atoms with Gasteiger partial charge < -0.3 is 25.4 Å². The van der Waals surface area contributed by atoms with E-state index >= 15 is 0 Å². The van der Waals surface area contributed by atoms with Gasteiger partial charge in [-0.25, -0.2) is 0 Å². The van der Waals surface area contributed by atoms with Crippen LogP contribution in [0.4, 0.5) is 11.4 Å². The number of aliphatic hydroxyl groups is 1. The molecule has 0 radical (unpaired) electrons. The summed E-state index contributed by atoms with van der Waals surface area (Å²) < 4.78 is 4.70. The summed E-state index contributed by atoms with van der Waals surface area (Å²) in [6.07, 6.45) is 0.721. The Morgan fingerprint density at radius 2 is 1.89 bits per heavy atom. The van der Waals surface area contributed by atoms with Crippen LogP contribution in [0.5, 0.6) is 5.75 Å². The maximum atomic E-state index is 13.8.